The number of nitrogens with zero attached hydrogens (tertiary/aromatic N) is 1. The number of benzene rings is 1. The van der Waals surface area contributed by atoms with Crippen LogP contribution in [0.4, 0.5) is 5.69 Å². The number of likely N-dealkylation sites (tertiary alicyclic amines) is 1. The van der Waals surface area contributed by atoms with Crippen LogP contribution in [0.15, 0.2) is 24.3 Å². The number of anilines is 1. The molecule has 0 radical (unpaired) electrons. The molecule has 0 spiro atoms. The fourth-order valence-electron chi connectivity index (χ4n) is 3.36. The van der Waals surface area contributed by atoms with Crippen molar-refractivity contribution in [2.45, 2.75) is 45.1 Å². The summed E-state index contributed by atoms with van der Waals surface area (Å²) in [5, 5.41) is 2.92. The molecular formula is C17H22N2O2. The lowest BCUT2D eigenvalue weighted by Gasteiger charge is -2.23. The van der Waals surface area contributed by atoms with Gasteiger partial charge in [-0.25, -0.2) is 0 Å². The third kappa shape index (κ3) is 3.09. The molecule has 1 aromatic carbocycles. The van der Waals surface area contributed by atoms with Crippen molar-refractivity contribution >= 4 is 17.5 Å². The van der Waals surface area contributed by atoms with Crippen LogP contribution in [0.2, 0.25) is 0 Å². The first-order chi connectivity index (χ1) is 10.1. The number of nitrogens with one attached hydrogen (secondary N) is 1. The summed E-state index contributed by atoms with van der Waals surface area (Å²) in [5.74, 6) is -0.0990. The summed E-state index contributed by atoms with van der Waals surface area (Å²) in [4.78, 5) is 26.4. The van der Waals surface area contributed by atoms with E-state index >= 15 is 0 Å². The van der Waals surface area contributed by atoms with Crippen molar-refractivity contribution in [3.05, 3.63) is 29.8 Å². The third-order valence-electron chi connectivity index (χ3n) is 4.61. The molecule has 2 fully saturated rings. The SMILES string of the molecule is Cc1ccc(NC(=O)[C@H]2CC(=O)N(C3CCCC3)C2)cc1. The largest absolute Gasteiger partial charge is 0.339 e. The van der Waals surface area contributed by atoms with Gasteiger partial charge in [-0.2, -0.15) is 0 Å². The highest BCUT2D eigenvalue weighted by Crippen LogP contribution is 2.29. The highest BCUT2D eigenvalue weighted by atomic mass is 16.2. The maximum Gasteiger partial charge on any atom is 0.229 e. The summed E-state index contributed by atoms with van der Waals surface area (Å²) in [6.45, 7) is 2.60. The molecule has 2 aliphatic rings. The molecule has 1 aliphatic heterocycles. The fraction of sp³-hybridized carbons (Fsp3) is 0.529. The van der Waals surface area contributed by atoms with Gasteiger partial charge in [0.15, 0.2) is 0 Å². The minimum absolute atomic E-state index is 0.0345. The van der Waals surface area contributed by atoms with Crippen molar-refractivity contribution < 1.29 is 9.59 Å². The molecule has 1 atom stereocenters. The molecule has 1 aliphatic carbocycles. The minimum Gasteiger partial charge on any atom is -0.339 e. The monoisotopic (exact) mass is 286 g/mol. The minimum atomic E-state index is -0.209. The Morgan fingerprint density at radius 1 is 1.19 bits per heavy atom. The predicted octanol–water partition coefficient (Wildman–Crippen LogP) is 2.72. The Hall–Kier alpha value is -1.84. The van der Waals surface area contributed by atoms with Crippen molar-refractivity contribution in [1.29, 1.82) is 0 Å². The molecule has 4 heteroatoms. The third-order valence-corrected chi connectivity index (χ3v) is 4.61. The molecule has 1 saturated heterocycles. The van der Waals surface area contributed by atoms with E-state index in [2.05, 4.69) is 5.32 Å². The van der Waals surface area contributed by atoms with Gasteiger partial charge in [-0.05, 0) is 31.9 Å². The first-order valence-electron chi connectivity index (χ1n) is 7.80. The van der Waals surface area contributed by atoms with E-state index in [0.717, 1.165) is 24.1 Å². The second kappa shape index (κ2) is 5.88. The van der Waals surface area contributed by atoms with E-state index in [4.69, 9.17) is 0 Å². The zero-order chi connectivity index (χ0) is 14.8. The summed E-state index contributed by atoms with van der Waals surface area (Å²) in [6.07, 6.45) is 4.95. The Morgan fingerprint density at radius 3 is 2.52 bits per heavy atom. The number of carbonyl (C=O) groups excluding carboxylic acids is 2. The van der Waals surface area contributed by atoms with Gasteiger partial charge in [0, 0.05) is 24.7 Å². The van der Waals surface area contributed by atoms with Crippen LogP contribution < -0.4 is 5.32 Å². The maximum atomic E-state index is 12.3. The molecule has 0 aromatic heterocycles. The van der Waals surface area contributed by atoms with Crippen molar-refractivity contribution in [2.24, 2.45) is 5.92 Å². The zero-order valence-electron chi connectivity index (χ0n) is 12.5. The molecule has 3 rings (SSSR count). The van der Waals surface area contributed by atoms with E-state index < -0.39 is 0 Å². The normalized spacial score (nSPS) is 22.8. The van der Waals surface area contributed by atoms with Gasteiger partial charge in [-0.1, -0.05) is 30.5 Å². The zero-order valence-corrected chi connectivity index (χ0v) is 12.5. The van der Waals surface area contributed by atoms with E-state index in [-0.39, 0.29) is 17.7 Å². The van der Waals surface area contributed by atoms with Crippen molar-refractivity contribution in [3.8, 4) is 0 Å². The van der Waals surface area contributed by atoms with Crippen LogP contribution in [-0.4, -0.2) is 29.3 Å². The van der Waals surface area contributed by atoms with Gasteiger partial charge in [0.05, 0.1) is 5.92 Å². The summed E-state index contributed by atoms with van der Waals surface area (Å²) < 4.78 is 0. The predicted molar refractivity (Wildman–Crippen MR) is 81.9 cm³/mol. The molecule has 1 aromatic rings. The first kappa shape index (κ1) is 14.1. The molecule has 112 valence electrons. The highest BCUT2D eigenvalue weighted by molar-refractivity contribution is 5.97. The second-order valence-electron chi connectivity index (χ2n) is 6.24. The second-order valence-corrected chi connectivity index (χ2v) is 6.24. The van der Waals surface area contributed by atoms with Crippen LogP contribution in [-0.2, 0) is 9.59 Å². The average Bonchev–Trinajstić information content (AvgIpc) is 3.10. The van der Waals surface area contributed by atoms with Crippen LogP contribution in [0.25, 0.3) is 0 Å². The first-order valence-corrected chi connectivity index (χ1v) is 7.80. The quantitative estimate of drug-likeness (QED) is 0.929. The highest BCUT2D eigenvalue weighted by Gasteiger charge is 2.38. The molecular weight excluding hydrogens is 264 g/mol. The summed E-state index contributed by atoms with van der Waals surface area (Å²) in [5.41, 5.74) is 1.97. The lowest BCUT2D eigenvalue weighted by Crippen LogP contribution is -2.35. The lowest BCUT2D eigenvalue weighted by molar-refractivity contribution is -0.129. The molecule has 1 N–H and O–H groups in total. The number of amides is 2. The standard InChI is InChI=1S/C17H22N2O2/c1-12-6-8-14(9-7-12)18-17(21)13-10-16(20)19(11-13)15-4-2-3-5-15/h6-9,13,15H,2-5,10-11H2,1H3,(H,18,21)/t13-/m0/s1. The number of hydrogen-bond donors (Lipinski definition) is 1. The number of hydrogen-bond acceptors (Lipinski definition) is 2. The molecule has 2 amide bonds. The summed E-state index contributed by atoms with van der Waals surface area (Å²) >= 11 is 0. The van der Waals surface area contributed by atoms with Gasteiger partial charge in [0.25, 0.3) is 0 Å². The molecule has 1 saturated carbocycles. The lowest BCUT2D eigenvalue weighted by atomic mass is 10.1. The van der Waals surface area contributed by atoms with Gasteiger partial charge >= 0.3 is 0 Å². The van der Waals surface area contributed by atoms with Crippen LogP contribution in [0.5, 0.6) is 0 Å². The van der Waals surface area contributed by atoms with E-state index in [1.54, 1.807) is 0 Å². The topological polar surface area (TPSA) is 49.4 Å². The molecule has 0 unspecified atom stereocenters. The van der Waals surface area contributed by atoms with Gasteiger partial charge in [-0.15, -0.1) is 0 Å². The van der Waals surface area contributed by atoms with Crippen LogP contribution in [0.1, 0.15) is 37.7 Å². The molecule has 4 nitrogen and oxygen atoms in total. The smallest absolute Gasteiger partial charge is 0.229 e. The van der Waals surface area contributed by atoms with Gasteiger partial charge < -0.3 is 10.2 Å². The Morgan fingerprint density at radius 2 is 1.86 bits per heavy atom. The summed E-state index contributed by atoms with van der Waals surface area (Å²) in [7, 11) is 0. The fourth-order valence-corrected chi connectivity index (χ4v) is 3.36. The number of carbonyl (C=O) groups is 2. The van der Waals surface area contributed by atoms with Crippen LogP contribution in [0, 0.1) is 12.8 Å². The average molecular weight is 286 g/mol. The Bertz CT molecular complexity index is 532. The van der Waals surface area contributed by atoms with Crippen molar-refractivity contribution in [2.75, 3.05) is 11.9 Å². The van der Waals surface area contributed by atoms with Crippen LogP contribution in [0.3, 0.4) is 0 Å². The Kier molecular flexibility index (Phi) is 3.95. The maximum absolute atomic E-state index is 12.3. The van der Waals surface area contributed by atoms with Crippen LogP contribution >= 0.6 is 0 Å². The Labute approximate surface area is 125 Å². The summed E-state index contributed by atoms with van der Waals surface area (Å²) in [6, 6.07) is 8.12. The van der Waals surface area contributed by atoms with Crippen molar-refractivity contribution in [3.63, 3.8) is 0 Å². The van der Waals surface area contributed by atoms with E-state index in [1.807, 2.05) is 36.1 Å². The van der Waals surface area contributed by atoms with Gasteiger partial charge in [0.2, 0.25) is 11.8 Å². The van der Waals surface area contributed by atoms with E-state index in [9.17, 15) is 9.59 Å². The van der Waals surface area contributed by atoms with Gasteiger partial charge in [0.1, 0.15) is 0 Å². The number of rotatable bonds is 3. The van der Waals surface area contributed by atoms with E-state index in [0.29, 0.717) is 19.0 Å². The molecule has 1 heterocycles. The molecule has 21 heavy (non-hydrogen) atoms. The van der Waals surface area contributed by atoms with Crippen molar-refractivity contribution in [1.82, 2.24) is 4.90 Å². The number of aryl methyl sites for hydroxylation is 1. The molecule has 0 bridgehead atoms. The van der Waals surface area contributed by atoms with E-state index in [1.165, 1.54) is 12.8 Å². The Balaban J connectivity index is 1.60. The van der Waals surface area contributed by atoms with Gasteiger partial charge in [-0.3, -0.25) is 9.59 Å².